The molecule has 9 nitrogen and oxygen atoms in total. The molecule has 0 aliphatic rings. The number of hydrogen-bond acceptors (Lipinski definition) is 8. The Kier molecular flexibility index (Phi) is 3.27. The summed E-state index contributed by atoms with van der Waals surface area (Å²) in [5, 5.41) is 10.0. The van der Waals surface area contributed by atoms with Gasteiger partial charge in [0, 0.05) is 18.0 Å². The lowest BCUT2D eigenvalue weighted by Gasteiger charge is -2.09. The molecule has 0 aromatic carbocycles. The fourth-order valence-electron chi connectivity index (χ4n) is 2.28. The summed E-state index contributed by atoms with van der Waals surface area (Å²) < 4.78 is 6.62. The van der Waals surface area contributed by atoms with Crippen LogP contribution in [-0.4, -0.2) is 20.6 Å². The number of aromatic nitrogens is 3. The maximum absolute atomic E-state index is 11.0. The zero-order valence-electron chi connectivity index (χ0n) is 11.9. The molecule has 1 amide bonds. The average molecular weight is 329 g/mol. The molecule has 0 saturated carbocycles. The van der Waals surface area contributed by atoms with Crippen LogP contribution < -0.4 is 21.9 Å². The van der Waals surface area contributed by atoms with E-state index in [9.17, 15) is 10.1 Å². The van der Waals surface area contributed by atoms with Gasteiger partial charge in [-0.2, -0.15) is 5.26 Å². The van der Waals surface area contributed by atoms with Crippen LogP contribution >= 0.6 is 11.3 Å². The molecule has 3 heterocycles. The van der Waals surface area contributed by atoms with Gasteiger partial charge in [0.05, 0.1) is 23.9 Å². The zero-order valence-corrected chi connectivity index (χ0v) is 12.7. The van der Waals surface area contributed by atoms with Crippen molar-refractivity contribution >= 4 is 39.2 Å². The van der Waals surface area contributed by atoms with Gasteiger partial charge in [-0.05, 0) is 0 Å². The number of fused-ring (bicyclic) bond motifs is 1. The Morgan fingerprint density at radius 2 is 2.22 bits per heavy atom. The molecule has 10 heteroatoms. The van der Waals surface area contributed by atoms with Crippen LogP contribution in [0.1, 0.15) is 5.56 Å². The van der Waals surface area contributed by atoms with Gasteiger partial charge in [0.25, 0.3) is 0 Å². The normalized spacial score (nSPS) is 10.6. The second kappa shape index (κ2) is 5.15. The Labute approximate surface area is 133 Å². The molecule has 0 unspecified atom stereocenters. The first kappa shape index (κ1) is 14.6. The monoisotopic (exact) mass is 329 g/mol. The number of nitriles is 1. The van der Waals surface area contributed by atoms with E-state index in [2.05, 4.69) is 9.97 Å². The summed E-state index contributed by atoms with van der Waals surface area (Å²) in [5.74, 6) is 0.0584. The Balaban J connectivity index is 2.44. The Morgan fingerprint density at radius 3 is 2.78 bits per heavy atom. The fraction of sp³-hybridized carbons (Fsp3) is 0.0769. The van der Waals surface area contributed by atoms with Gasteiger partial charge < -0.3 is 26.5 Å². The topological polar surface area (TPSA) is 159 Å². The van der Waals surface area contributed by atoms with Crippen LogP contribution in [0.15, 0.2) is 12.5 Å². The van der Waals surface area contributed by atoms with Gasteiger partial charge in [0.15, 0.2) is 0 Å². The molecule has 0 radical (unpaired) electrons. The highest BCUT2D eigenvalue weighted by molar-refractivity contribution is 7.21. The molecule has 0 saturated heterocycles. The van der Waals surface area contributed by atoms with Gasteiger partial charge in [0.2, 0.25) is 5.06 Å². The number of nitrogen functional groups attached to an aromatic ring is 2. The van der Waals surface area contributed by atoms with E-state index in [1.807, 2.05) is 6.07 Å². The lowest BCUT2D eigenvalue weighted by molar-refractivity contribution is 0.212. The number of hydrogen-bond donors (Lipinski definition) is 3. The highest BCUT2D eigenvalue weighted by Gasteiger charge is 2.24. The number of nitrogens with zero attached hydrogens (tertiary/aromatic N) is 4. The van der Waals surface area contributed by atoms with E-state index < -0.39 is 6.09 Å². The number of thiophene rings is 1. The van der Waals surface area contributed by atoms with Crippen molar-refractivity contribution in [3.63, 3.8) is 0 Å². The van der Waals surface area contributed by atoms with E-state index in [1.165, 1.54) is 0 Å². The van der Waals surface area contributed by atoms with E-state index in [0.717, 1.165) is 11.3 Å². The summed E-state index contributed by atoms with van der Waals surface area (Å²) in [7, 11) is 1.77. The predicted molar refractivity (Wildman–Crippen MR) is 85.6 cm³/mol. The van der Waals surface area contributed by atoms with Crippen LogP contribution in [0.3, 0.4) is 0 Å². The van der Waals surface area contributed by atoms with Crippen molar-refractivity contribution in [1.29, 1.82) is 5.26 Å². The van der Waals surface area contributed by atoms with Crippen molar-refractivity contribution in [3.8, 4) is 22.4 Å². The number of carbonyl (C=O) groups is 1. The molecule has 3 aromatic rings. The van der Waals surface area contributed by atoms with E-state index in [4.69, 9.17) is 21.9 Å². The summed E-state index contributed by atoms with van der Waals surface area (Å²) >= 11 is 1.02. The zero-order chi connectivity index (χ0) is 16.7. The number of nitrogens with two attached hydrogens (primary N) is 3. The first-order valence-corrected chi connectivity index (χ1v) is 7.11. The van der Waals surface area contributed by atoms with Crippen molar-refractivity contribution in [1.82, 2.24) is 14.5 Å². The Hall–Kier alpha value is -3.32. The first-order chi connectivity index (χ1) is 10.9. The molecule has 0 atom stereocenters. The third-order valence-electron chi connectivity index (χ3n) is 3.25. The summed E-state index contributed by atoms with van der Waals surface area (Å²) in [4.78, 5) is 19.6. The SMILES string of the molecule is Cn1cncc1-c1c(C#N)c(N)nc2sc(OC(N)=O)c(N)c12. The van der Waals surface area contributed by atoms with Crippen molar-refractivity contribution in [2.75, 3.05) is 11.5 Å². The minimum Gasteiger partial charge on any atom is -0.397 e. The second-order valence-electron chi connectivity index (χ2n) is 4.65. The third kappa shape index (κ3) is 2.19. The van der Waals surface area contributed by atoms with Crippen LogP contribution in [0.25, 0.3) is 21.5 Å². The number of aryl methyl sites for hydroxylation is 1. The Morgan fingerprint density at radius 1 is 1.48 bits per heavy atom. The quantitative estimate of drug-likeness (QED) is 0.636. The lowest BCUT2D eigenvalue weighted by Crippen LogP contribution is -2.16. The van der Waals surface area contributed by atoms with E-state index >= 15 is 0 Å². The molecule has 0 bridgehead atoms. The number of ether oxygens (including phenoxy) is 1. The molecule has 23 heavy (non-hydrogen) atoms. The number of rotatable bonds is 2. The molecule has 3 rings (SSSR count). The third-order valence-corrected chi connectivity index (χ3v) is 4.23. The highest BCUT2D eigenvalue weighted by Crippen LogP contribution is 2.46. The molecule has 0 fully saturated rings. The maximum Gasteiger partial charge on any atom is 0.410 e. The largest absolute Gasteiger partial charge is 0.410 e. The van der Waals surface area contributed by atoms with Gasteiger partial charge in [-0.1, -0.05) is 11.3 Å². The number of amides is 1. The predicted octanol–water partition coefficient (Wildman–Crippen LogP) is 1.19. The molecule has 3 aromatic heterocycles. The number of primary amides is 1. The van der Waals surface area contributed by atoms with Gasteiger partial charge in [0.1, 0.15) is 22.3 Å². The Bertz CT molecular complexity index is 983. The van der Waals surface area contributed by atoms with E-state index in [1.54, 1.807) is 24.1 Å². The number of pyridine rings is 1. The van der Waals surface area contributed by atoms with Gasteiger partial charge >= 0.3 is 6.09 Å². The molecule has 0 aliphatic carbocycles. The number of anilines is 2. The average Bonchev–Trinajstić information content (AvgIpc) is 3.02. The fourth-order valence-corrected chi connectivity index (χ4v) is 3.25. The van der Waals surface area contributed by atoms with E-state index in [0.29, 0.717) is 21.5 Å². The second-order valence-corrected chi connectivity index (χ2v) is 5.61. The van der Waals surface area contributed by atoms with E-state index in [-0.39, 0.29) is 22.1 Å². The molecule has 116 valence electrons. The van der Waals surface area contributed by atoms with Gasteiger partial charge in [-0.15, -0.1) is 0 Å². The molecular formula is C13H11N7O2S. The first-order valence-electron chi connectivity index (χ1n) is 6.29. The molecular weight excluding hydrogens is 318 g/mol. The summed E-state index contributed by atoms with van der Waals surface area (Å²) in [6, 6.07) is 2.04. The maximum atomic E-state index is 11.0. The van der Waals surface area contributed by atoms with Crippen LogP contribution in [0.4, 0.5) is 16.3 Å². The summed E-state index contributed by atoms with van der Waals surface area (Å²) in [6.07, 6.45) is 2.18. The smallest absolute Gasteiger partial charge is 0.397 e. The van der Waals surface area contributed by atoms with Crippen molar-refractivity contribution in [2.45, 2.75) is 0 Å². The minimum absolute atomic E-state index is 0.0584. The standard InChI is InChI=1S/C13H11N7O2S/c1-20-4-18-3-6(20)7-5(2-14)10(16)19-11-8(7)9(15)12(23-11)22-13(17)21/h3-4H,15H2,1H3,(H2,16,19)(H2,17,21). The van der Waals surface area contributed by atoms with Gasteiger partial charge in [-0.3, -0.25) is 0 Å². The number of carbonyl (C=O) groups excluding carboxylic acids is 1. The van der Waals surface area contributed by atoms with Gasteiger partial charge in [-0.25, -0.2) is 14.8 Å². The van der Waals surface area contributed by atoms with Crippen LogP contribution in [-0.2, 0) is 7.05 Å². The minimum atomic E-state index is -0.987. The summed E-state index contributed by atoms with van der Waals surface area (Å²) in [5.41, 5.74) is 18.5. The highest BCUT2D eigenvalue weighted by atomic mass is 32.1. The van der Waals surface area contributed by atoms with Crippen LogP contribution in [0.5, 0.6) is 5.06 Å². The van der Waals surface area contributed by atoms with Crippen LogP contribution in [0.2, 0.25) is 0 Å². The summed E-state index contributed by atoms with van der Waals surface area (Å²) in [6.45, 7) is 0. The van der Waals surface area contributed by atoms with Crippen molar-refractivity contribution in [2.24, 2.45) is 12.8 Å². The molecule has 6 N–H and O–H groups in total. The van der Waals surface area contributed by atoms with Crippen LogP contribution in [0, 0.1) is 11.3 Å². The van der Waals surface area contributed by atoms with Crippen molar-refractivity contribution < 1.29 is 9.53 Å². The molecule has 0 spiro atoms. The van der Waals surface area contributed by atoms with Crippen molar-refractivity contribution in [3.05, 3.63) is 18.1 Å². The molecule has 0 aliphatic heterocycles. The number of imidazole rings is 1. The lowest BCUT2D eigenvalue weighted by atomic mass is 10.0.